The molecule has 0 aliphatic rings. The van der Waals surface area contributed by atoms with Crippen molar-refractivity contribution in [3.8, 4) is 11.5 Å². The Hall–Kier alpha value is -2.27. The van der Waals surface area contributed by atoms with Crippen LogP contribution < -0.4 is 14.8 Å². The monoisotopic (exact) mass is 337 g/mol. The van der Waals surface area contributed by atoms with Gasteiger partial charge >= 0.3 is 0 Å². The Morgan fingerprint density at radius 1 is 1.17 bits per heavy atom. The maximum atomic E-state index is 13.8. The zero-order chi connectivity index (χ0) is 17.0. The normalized spacial score (nSPS) is 11.7. The number of amides is 1. The molecule has 0 saturated heterocycles. The first-order valence-corrected chi connectivity index (χ1v) is 7.32. The minimum atomic E-state index is -0.658. The molecule has 0 aliphatic carbocycles. The minimum Gasteiger partial charge on any atom is -0.493 e. The first-order chi connectivity index (χ1) is 11.0. The fourth-order valence-corrected chi connectivity index (χ4v) is 2.44. The van der Waals surface area contributed by atoms with Crippen LogP contribution in [0.3, 0.4) is 0 Å². The van der Waals surface area contributed by atoms with E-state index in [2.05, 4.69) is 5.32 Å². The van der Waals surface area contributed by atoms with Crippen LogP contribution in [-0.2, 0) is 0 Å². The number of benzene rings is 2. The summed E-state index contributed by atoms with van der Waals surface area (Å²) in [6.45, 7) is 1.79. The van der Waals surface area contributed by atoms with Crippen LogP contribution in [0, 0.1) is 5.82 Å². The molecule has 23 heavy (non-hydrogen) atoms. The van der Waals surface area contributed by atoms with E-state index < -0.39 is 11.7 Å². The lowest BCUT2D eigenvalue weighted by atomic mass is 10.1. The fourth-order valence-electron chi connectivity index (χ4n) is 2.19. The summed E-state index contributed by atoms with van der Waals surface area (Å²) < 4.78 is 24.2. The van der Waals surface area contributed by atoms with Crippen LogP contribution in [0.5, 0.6) is 11.5 Å². The molecule has 4 nitrogen and oxygen atoms in total. The van der Waals surface area contributed by atoms with Crippen LogP contribution in [0.2, 0.25) is 5.02 Å². The molecule has 1 atom stereocenters. The van der Waals surface area contributed by atoms with Gasteiger partial charge in [0.1, 0.15) is 5.82 Å². The van der Waals surface area contributed by atoms with E-state index in [0.717, 1.165) is 5.56 Å². The molecule has 2 aromatic carbocycles. The van der Waals surface area contributed by atoms with Crippen molar-refractivity contribution in [3.63, 3.8) is 0 Å². The highest BCUT2D eigenvalue weighted by Crippen LogP contribution is 2.30. The highest BCUT2D eigenvalue weighted by molar-refractivity contribution is 6.33. The van der Waals surface area contributed by atoms with E-state index in [4.69, 9.17) is 21.1 Å². The van der Waals surface area contributed by atoms with E-state index in [0.29, 0.717) is 11.5 Å². The number of halogens is 2. The summed E-state index contributed by atoms with van der Waals surface area (Å²) in [6, 6.07) is 9.06. The number of hydrogen-bond donors (Lipinski definition) is 1. The third-order valence-electron chi connectivity index (χ3n) is 3.45. The largest absolute Gasteiger partial charge is 0.493 e. The topological polar surface area (TPSA) is 47.6 Å². The van der Waals surface area contributed by atoms with E-state index in [9.17, 15) is 9.18 Å². The lowest BCUT2D eigenvalue weighted by molar-refractivity contribution is 0.0936. The number of carbonyl (C=O) groups is 1. The predicted octanol–water partition coefficient (Wildman–Crippen LogP) is 3.99. The Morgan fingerprint density at radius 2 is 1.87 bits per heavy atom. The number of hydrogen-bond acceptors (Lipinski definition) is 3. The van der Waals surface area contributed by atoms with Crippen molar-refractivity contribution in [3.05, 3.63) is 58.4 Å². The zero-order valence-electron chi connectivity index (χ0n) is 13.0. The number of nitrogens with one attached hydrogen (secondary N) is 1. The lowest BCUT2D eigenvalue weighted by Gasteiger charge is -2.17. The molecule has 0 heterocycles. The van der Waals surface area contributed by atoms with Crippen LogP contribution >= 0.6 is 11.6 Å². The maximum absolute atomic E-state index is 13.8. The quantitative estimate of drug-likeness (QED) is 0.897. The molecule has 0 radical (unpaired) electrons. The molecular weight excluding hydrogens is 321 g/mol. The average Bonchev–Trinajstić information content (AvgIpc) is 2.53. The summed E-state index contributed by atoms with van der Waals surface area (Å²) in [4.78, 5) is 12.3. The minimum absolute atomic E-state index is 0.0713. The number of methoxy groups -OCH3 is 2. The van der Waals surface area contributed by atoms with Crippen molar-refractivity contribution < 1.29 is 18.7 Å². The van der Waals surface area contributed by atoms with Gasteiger partial charge in [-0.2, -0.15) is 0 Å². The van der Waals surface area contributed by atoms with E-state index >= 15 is 0 Å². The molecule has 2 aromatic rings. The Bertz CT molecular complexity index is 701. The second-order valence-corrected chi connectivity index (χ2v) is 5.31. The Morgan fingerprint density at radius 3 is 2.48 bits per heavy atom. The van der Waals surface area contributed by atoms with Gasteiger partial charge in [0.05, 0.1) is 30.8 Å². The first kappa shape index (κ1) is 17.1. The number of ether oxygens (including phenoxy) is 2. The molecule has 0 spiro atoms. The summed E-state index contributed by atoms with van der Waals surface area (Å²) in [7, 11) is 3.08. The molecule has 122 valence electrons. The van der Waals surface area contributed by atoms with Gasteiger partial charge in [-0.25, -0.2) is 4.39 Å². The standard InChI is InChI=1S/C17H17ClFNO3/c1-10(11-7-8-14(22-2)15(9-11)23-3)20-17(21)16-12(18)5-4-6-13(16)19/h4-10H,1-3H3,(H,20,21)/t10-/m0/s1. The molecule has 0 aliphatic heterocycles. The lowest BCUT2D eigenvalue weighted by Crippen LogP contribution is -2.27. The van der Waals surface area contributed by atoms with Crippen molar-refractivity contribution in [2.45, 2.75) is 13.0 Å². The van der Waals surface area contributed by atoms with Gasteiger partial charge in [0.25, 0.3) is 5.91 Å². The summed E-state index contributed by atoms with van der Waals surface area (Å²) in [6.07, 6.45) is 0. The van der Waals surface area contributed by atoms with Crippen molar-refractivity contribution in [1.82, 2.24) is 5.32 Å². The second kappa shape index (κ2) is 7.33. The Balaban J connectivity index is 2.22. The van der Waals surface area contributed by atoms with Gasteiger partial charge in [0, 0.05) is 0 Å². The van der Waals surface area contributed by atoms with E-state index in [-0.39, 0.29) is 16.6 Å². The van der Waals surface area contributed by atoms with Crippen LogP contribution in [-0.4, -0.2) is 20.1 Å². The van der Waals surface area contributed by atoms with E-state index in [1.54, 1.807) is 32.2 Å². The molecule has 0 unspecified atom stereocenters. The third-order valence-corrected chi connectivity index (χ3v) is 3.76. The predicted molar refractivity (Wildman–Crippen MR) is 86.8 cm³/mol. The summed E-state index contributed by atoms with van der Waals surface area (Å²) in [5, 5.41) is 2.79. The van der Waals surface area contributed by atoms with E-state index in [1.165, 1.54) is 25.3 Å². The van der Waals surface area contributed by atoms with Gasteiger partial charge in [-0.05, 0) is 36.8 Å². The first-order valence-electron chi connectivity index (χ1n) is 6.94. The highest BCUT2D eigenvalue weighted by Gasteiger charge is 2.19. The fraction of sp³-hybridized carbons (Fsp3) is 0.235. The van der Waals surface area contributed by atoms with E-state index in [1.807, 2.05) is 0 Å². The maximum Gasteiger partial charge on any atom is 0.256 e. The van der Waals surface area contributed by atoms with Gasteiger partial charge in [-0.15, -0.1) is 0 Å². The third kappa shape index (κ3) is 3.74. The van der Waals surface area contributed by atoms with Crippen molar-refractivity contribution in [2.75, 3.05) is 14.2 Å². The molecule has 6 heteroatoms. The number of rotatable bonds is 5. The van der Waals surface area contributed by atoms with Gasteiger partial charge in [-0.1, -0.05) is 23.7 Å². The molecule has 1 amide bonds. The molecule has 1 N–H and O–H groups in total. The Labute approximate surface area is 139 Å². The van der Waals surface area contributed by atoms with Crippen molar-refractivity contribution >= 4 is 17.5 Å². The molecular formula is C17H17ClFNO3. The van der Waals surface area contributed by atoms with Gasteiger partial charge < -0.3 is 14.8 Å². The van der Waals surface area contributed by atoms with Crippen molar-refractivity contribution in [1.29, 1.82) is 0 Å². The van der Waals surface area contributed by atoms with Crippen LogP contribution in [0.25, 0.3) is 0 Å². The van der Waals surface area contributed by atoms with Crippen LogP contribution in [0.15, 0.2) is 36.4 Å². The van der Waals surface area contributed by atoms with Crippen LogP contribution in [0.1, 0.15) is 28.9 Å². The van der Waals surface area contributed by atoms with Crippen molar-refractivity contribution in [2.24, 2.45) is 0 Å². The summed E-state index contributed by atoms with van der Waals surface area (Å²) >= 11 is 5.90. The summed E-state index contributed by atoms with van der Waals surface area (Å²) in [5.74, 6) is -0.0909. The highest BCUT2D eigenvalue weighted by atomic mass is 35.5. The average molecular weight is 338 g/mol. The van der Waals surface area contributed by atoms with Gasteiger partial charge in [-0.3, -0.25) is 4.79 Å². The molecule has 0 aromatic heterocycles. The molecule has 0 fully saturated rings. The molecule has 2 rings (SSSR count). The molecule has 0 bridgehead atoms. The van der Waals surface area contributed by atoms with Gasteiger partial charge in [0.15, 0.2) is 11.5 Å². The zero-order valence-corrected chi connectivity index (χ0v) is 13.8. The van der Waals surface area contributed by atoms with Gasteiger partial charge in [0.2, 0.25) is 0 Å². The second-order valence-electron chi connectivity index (χ2n) is 4.91. The summed E-state index contributed by atoms with van der Waals surface area (Å²) in [5.41, 5.74) is 0.630. The smallest absolute Gasteiger partial charge is 0.256 e. The Kier molecular flexibility index (Phi) is 5.45. The number of carbonyl (C=O) groups excluding carboxylic acids is 1. The SMILES string of the molecule is COc1ccc([C@H](C)NC(=O)c2c(F)cccc2Cl)cc1OC. The molecule has 0 saturated carbocycles. The van der Waals surface area contributed by atoms with Crippen LogP contribution in [0.4, 0.5) is 4.39 Å².